The second-order valence-electron chi connectivity index (χ2n) is 3.68. The Bertz CT molecular complexity index is 404. The predicted octanol–water partition coefficient (Wildman–Crippen LogP) is 1.97. The van der Waals surface area contributed by atoms with Gasteiger partial charge in [-0.25, -0.2) is 0 Å². The molecule has 0 bridgehead atoms. The highest BCUT2D eigenvalue weighted by Crippen LogP contribution is 2.16. The van der Waals surface area contributed by atoms with Crippen LogP contribution in [0.2, 0.25) is 0 Å². The molecule has 1 rings (SSSR count). The molecular formula is C11H17N5O. The maximum atomic E-state index is 11.3. The molecule has 0 aliphatic carbocycles. The topological polar surface area (TPSA) is 89.9 Å². The Morgan fingerprint density at radius 3 is 3.00 bits per heavy atom. The van der Waals surface area contributed by atoms with Crippen molar-refractivity contribution < 1.29 is 4.79 Å². The summed E-state index contributed by atoms with van der Waals surface area (Å²) >= 11 is 0. The molecule has 0 aromatic rings. The van der Waals surface area contributed by atoms with Crippen LogP contribution >= 0.6 is 0 Å². The van der Waals surface area contributed by atoms with Crippen molar-refractivity contribution in [3.63, 3.8) is 0 Å². The molecule has 0 spiro atoms. The first-order valence-electron chi connectivity index (χ1n) is 5.68. The van der Waals surface area contributed by atoms with Gasteiger partial charge in [-0.15, -0.1) is 0 Å². The van der Waals surface area contributed by atoms with E-state index < -0.39 is 0 Å². The van der Waals surface area contributed by atoms with Crippen molar-refractivity contribution in [1.29, 1.82) is 0 Å². The maximum Gasteiger partial charge on any atom is 0.225 e. The van der Waals surface area contributed by atoms with E-state index in [-0.39, 0.29) is 5.91 Å². The van der Waals surface area contributed by atoms with Crippen molar-refractivity contribution in [2.75, 3.05) is 13.1 Å². The fourth-order valence-electron chi connectivity index (χ4n) is 1.59. The number of dihydropyridines is 1. The number of carbonyl (C=O) groups excluding carboxylic acids is 1. The highest BCUT2D eigenvalue weighted by Gasteiger charge is 2.12. The molecule has 92 valence electrons. The molecule has 17 heavy (non-hydrogen) atoms. The minimum atomic E-state index is -0.0160. The molecule has 1 aliphatic rings. The third kappa shape index (κ3) is 3.85. The van der Waals surface area contributed by atoms with Crippen LogP contribution < -0.4 is 10.6 Å². The van der Waals surface area contributed by atoms with Crippen molar-refractivity contribution in [1.82, 2.24) is 10.6 Å². The summed E-state index contributed by atoms with van der Waals surface area (Å²) in [4.78, 5) is 14.0. The van der Waals surface area contributed by atoms with Gasteiger partial charge >= 0.3 is 0 Å². The monoisotopic (exact) mass is 235 g/mol. The minimum absolute atomic E-state index is 0.0160. The van der Waals surface area contributed by atoms with Crippen LogP contribution in [0.1, 0.15) is 26.7 Å². The van der Waals surface area contributed by atoms with E-state index in [1.807, 2.05) is 19.9 Å². The van der Waals surface area contributed by atoms with Crippen LogP contribution in [-0.4, -0.2) is 19.0 Å². The Morgan fingerprint density at radius 2 is 2.41 bits per heavy atom. The van der Waals surface area contributed by atoms with Gasteiger partial charge in [-0.05, 0) is 29.2 Å². The fraction of sp³-hybridized carbons (Fsp3) is 0.545. The Kier molecular flexibility index (Phi) is 5.10. The number of hydrogen-bond donors (Lipinski definition) is 2. The van der Waals surface area contributed by atoms with Crippen LogP contribution in [0.5, 0.6) is 0 Å². The average molecular weight is 235 g/mol. The lowest BCUT2D eigenvalue weighted by atomic mass is 10.0. The van der Waals surface area contributed by atoms with E-state index in [2.05, 4.69) is 20.7 Å². The van der Waals surface area contributed by atoms with E-state index in [1.165, 1.54) is 0 Å². The lowest BCUT2D eigenvalue weighted by molar-refractivity contribution is -0.120. The van der Waals surface area contributed by atoms with Gasteiger partial charge in [-0.3, -0.25) is 4.79 Å². The van der Waals surface area contributed by atoms with Crippen LogP contribution in [0.4, 0.5) is 0 Å². The Labute approximate surface area is 100 Å². The minimum Gasteiger partial charge on any atom is -0.368 e. The molecule has 0 radical (unpaired) electrons. The van der Waals surface area contributed by atoms with Gasteiger partial charge in [0.2, 0.25) is 5.91 Å². The zero-order valence-electron chi connectivity index (χ0n) is 10.2. The number of azide groups is 1. The van der Waals surface area contributed by atoms with Crippen LogP contribution in [0.3, 0.4) is 0 Å². The number of nitrogens with one attached hydrogen (secondary N) is 2. The molecule has 1 heterocycles. The molecule has 6 heteroatoms. The number of nitrogens with zero attached hydrogens (tertiary/aromatic N) is 3. The van der Waals surface area contributed by atoms with Crippen molar-refractivity contribution >= 4 is 5.91 Å². The standard InChI is InChI=1S/C11H17N5O/c1-3-8-5-10(15-11(17)4-2)13-6-9(8)7-14-16-12/h5,13H,3-4,6-7H2,1-2H3,(H,15,17). The summed E-state index contributed by atoms with van der Waals surface area (Å²) in [7, 11) is 0. The summed E-state index contributed by atoms with van der Waals surface area (Å²) in [6, 6.07) is 0. The summed E-state index contributed by atoms with van der Waals surface area (Å²) in [5.74, 6) is 0.705. The van der Waals surface area contributed by atoms with Crippen LogP contribution in [0.25, 0.3) is 10.4 Å². The van der Waals surface area contributed by atoms with Gasteiger partial charge in [0.15, 0.2) is 0 Å². The van der Waals surface area contributed by atoms with Crippen molar-refractivity contribution in [3.05, 3.63) is 33.5 Å². The Balaban J connectivity index is 2.79. The van der Waals surface area contributed by atoms with E-state index in [9.17, 15) is 4.79 Å². The van der Waals surface area contributed by atoms with Gasteiger partial charge < -0.3 is 10.6 Å². The molecule has 0 saturated heterocycles. The van der Waals surface area contributed by atoms with E-state index in [4.69, 9.17) is 5.53 Å². The molecule has 0 aromatic carbocycles. The first-order valence-corrected chi connectivity index (χ1v) is 5.68. The van der Waals surface area contributed by atoms with E-state index in [1.54, 1.807) is 0 Å². The molecule has 1 aliphatic heterocycles. The molecule has 0 fully saturated rings. The second kappa shape index (κ2) is 6.60. The van der Waals surface area contributed by atoms with Crippen molar-refractivity contribution in [2.45, 2.75) is 26.7 Å². The molecule has 0 atom stereocenters. The highest BCUT2D eigenvalue weighted by atomic mass is 16.1. The third-order valence-corrected chi connectivity index (χ3v) is 2.57. The molecule has 1 amide bonds. The SMILES string of the molecule is CCC(=O)NC1=CC(CC)=C(CN=[N+]=[N-])CN1. The number of rotatable bonds is 5. The van der Waals surface area contributed by atoms with Gasteiger partial charge in [0.1, 0.15) is 5.82 Å². The molecular weight excluding hydrogens is 218 g/mol. The van der Waals surface area contributed by atoms with E-state index in [0.29, 0.717) is 19.5 Å². The maximum absolute atomic E-state index is 11.3. The lowest BCUT2D eigenvalue weighted by Gasteiger charge is -2.21. The third-order valence-electron chi connectivity index (χ3n) is 2.57. The van der Waals surface area contributed by atoms with Gasteiger partial charge in [-0.1, -0.05) is 19.0 Å². The van der Waals surface area contributed by atoms with Crippen molar-refractivity contribution in [3.8, 4) is 0 Å². The lowest BCUT2D eigenvalue weighted by Crippen LogP contribution is -2.34. The zero-order chi connectivity index (χ0) is 12.7. The predicted molar refractivity (Wildman–Crippen MR) is 65.8 cm³/mol. The zero-order valence-corrected chi connectivity index (χ0v) is 10.2. The molecule has 0 aromatic heterocycles. The van der Waals surface area contributed by atoms with Crippen molar-refractivity contribution in [2.24, 2.45) is 5.11 Å². The van der Waals surface area contributed by atoms with Gasteiger partial charge in [0.05, 0.1) is 0 Å². The van der Waals surface area contributed by atoms with Gasteiger partial charge in [-0.2, -0.15) is 0 Å². The molecule has 6 nitrogen and oxygen atoms in total. The normalized spacial score (nSPS) is 14.6. The van der Waals surface area contributed by atoms with Gasteiger partial charge in [0.25, 0.3) is 0 Å². The highest BCUT2D eigenvalue weighted by molar-refractivity contribution is 5.77. The summed E-state index contributed by atoms with van der Waals surface area (Å²) in [5, 5.41) is 9.44. The van der Waals surface area contributed by atoms with Crippen LogP contribution in [0, 0.1) is 0 Å². The second-order valence-corrected chi connectivity index (χ2v) is 3.68. The molecule has 0 saturated carbocycles. The van der Waals surface area contributed by atoms with Crippen LogP contribution in [0.15, 0.2) is 28.2 Å². The van der Waals surface area contributed by atoms with Crippen LogP contribution in [-0.2, 0) is 4.79 Å². The number of amides is 1. The molecule has 2 N–H and O–H groups in total. The van der Waals surface area contributed by atoms with E-state index >= 15 is 0 Å². The average Bonchev–Trinajstić information content (AvgIpc) is 2.36. The molecule has 0 unspecified atom stereocenters. The Morgan fingerprint density at radius 1 is 1.65 bits per heavy atom. The van der Waals surface area contributed by atoms with E-state index in [0.717, 1.165) is 23.4 Å². The number of carbonyl (C=O) groups is 1. The summed E-state index contributed by atoms with van der Waals surface area (Å²) < 4.78 is 0. The number of hydrogen-bond acceptors (Lipinski definition) is 3. The summed E-state index contributed by atoms with van der Waals surface area (Å²) in [6.07, 6.45) is 3.21. The Hall–Kier alpha value is -1.94. The summed E-state index contributed by atoms with van der Waals surface area (Å²) in [6.45, 7) is 4.82. The summed E-state index contributed by atoms with van der Waals surface area (Å²) in [5.41, 5.74) is 10.5. The number of allylic oxidation sites excluding steroid dienone is 2. The van der Waals surface area contributed by atoms with Gasteiger partial charge in [0, 0.05) is 24.4 Å². The first-order chi connectivity index (χ1) is 8.21. The first kappa shape index (κ1) is 13.1. The quantitative estimate of drug-likeness (QED) is 0.433. The smallest absolute Gasteiger partial charge is 0.225 e. The fourth-order valence-corrected chi connectivity index (χ4v) is 1.59. The largest absolute Gasteiger partial charge is 0.368 e.